The Morgan fingerprint density at radius 3 is 2.00 bits per heavy atom. The van der Waals surface area contributed by atoms with Crippen LogP contribution in [-0.4, -0.2) is 12.7 Å². The van der Waals surface area contributed by atoms with Crippen LogP contribution in [0, 0.1) is 5.92 Å². The van der Waals surface area contributed by atoms with Crippen LogP contribution in [0.25, 0.3) is 11.1 Å². The van der Waals surface area contributed by atoms with Crippen LogP contribution in [0.4, 0.5) is 8.78 Å². The Balaban J connectivity index is 1.35. The van der Waals surface area contributed by atoms with Crippen molar-refractivity contribution in [1.29, 1.82) is 0 Å². The Morgan fingerprint density at radius 1 is 0.862 bits per heavy atom. The van der Waals surface area contributed by atoms with Gasteiger partial charge in [0, 0.05) is 0 Å². The van der Waals surface area contributed by atoms with E-state index in [2.05, 4.69) is 55.5 Å². The number of benzene rings is 2. The highest BCUT2D eigenvalue weighted by Gasteiger charge is 2.35. The van der Waals surface area contributed by atoms with Crippen molar-refractivity contribution in [2.24, 2.45) is 5.92 Å². The van der Waals surface area contributed by atoms with Crippen LogP contribution < -0.4 is 0 Å². The molecule has 0 unspecified atom stereocenters. The van der Waals surface area contributed by atoms with Gasteiger partial charge in [-0.2, -0.15) is 8.78 Å². The number of rotatable bonds is 5. The van der Waals surface area contributed by atoms with Crippen molar-refractivity contribution < 1.29 is 13.5 Å². The van der Waals surface area contributed by atoms with Crippen molar-refractivity contribution in [1.82, 2.24) is 0 Å². The van der Waals surface area contributed by atoms with Crippen LogP contribution in [0.3, 0.4) is 0 Å². The summed E-state index contributed by atoms with van der Waals surface area (Å²) in [5.41, 5.74) is 6.40. The molecule has 0 N–H and O–H groups in total. The van der Waals surface area contributed by atoms with Gasteiger partial charge in [-0.05, 0) is 71.8 Å². The number of hydrogen-bond acceptors (Lipinski definition) is 1. The van der Waals surface area contributed by atoms with Crippen molar-refractivity contribution >= 4 is 0 Å². The maximum absolute atomic E-state index is 13.2. The van der Waals surface area contributed by atoms with E-state index in [0.29, 0.717) is 11.8 Å². The molecule has 3 heteroatoms. The standard InChI is InChI=1S/C26H30F2O/c1-2-3-19-4-6-20(7-5-19)21-8-10-22(11-9-21)23-12-14-24(15-13-23)25-16-17-26(27,28)29-18-25/h4-11,16,23-24H,2-3,12-15,17-18H2,1H3. The summed E-state index contributed by atoms with van der Waals surface area (Å²) in [6, 6.07) is 17.9. The third-order valence-corrected chi connectivity index (χ3v) is 6.51. The highest BCUT2D eigenvalue weighted by molar-refractivity contribution is 5.64. The molecule has 2 aromatic carbocycles. The lowest BCUT2D eigenvalue weighted by atomic mass is 9.75. The molecule has 2 aliphatic rings. The number of alkyl halides is 2. The van der Waals surface area contributed by atoms with Gasteiger partial charge in [0.2, 0.25) is 0 Å². The van der Waals surface area contributed by atoms with Gasteiger partial charge in [-0.25, -0.2) is 0 Å². The van der Waals surface area contributed by atoms with Crippen LogP contribution in [0.2, 0.25) is 0 Å². The predicted molar refractivity (Wildman–Crippen MR) is 114 cm³/mol. The van der Waals surface area contributed by atoms with E-state index in [9.17, 15) is 8.78 Å². The molecular weight excluding hydrogens is 366 g/mol. The highest BCUT2D eigenvalue weighted by atomic mass is 19.3. The topological polar surface area (TPSA) is 9.23 Å². The molecule has 0 bridgehead atoms. The summed E-state index contributed by atoms with van der Waals surface area (Å²) in [4.78, 5) is 0. The molecule has 1 heterocycles. The van der Waals surface area contributed by atoms with E-state index in [1.165, 1.54) is 28.7 Å². The molecule has 0 radical (unpaired) electrons. The Labute approximate surface area is 172 Å². The SMILES string of the molecule is CCCc1ccc(-c2ccc(C3CCC(C4=CCC(F)(F)OC4)CC3)cc2)cc1. The minimum Gasteiger partial charge on any atom is -0.316 e. The average molecular weight is 397 g/mol. The van der Waals surface area contributed by atoms with Crippen LogP contribution in [0.1, 0.15) is 62.5 Å². The first-order chi connectivity index (χ1) is 14.0. The van der Waals surface area contributed by atoms with Gasteiger partial charge >= 0.3 is 6.11 Å². The van der Waals surface area contributed by atoms with Gasteiger partial charge in [0.1, 0.15) is 0 Å². The lowest BCUT2D eigenvalue weighted by Gasteiger charge is -2.33. The highest BCUT2D eigenvalue weighted by Crippen LogP contribution is 2.41. The Morgan fingerprint density at radius 2 is 1.45 bits per heavy atom. The van der Waals surface area contributed by atoms with Gasteiger partial charge in [-0.15, -0.1) is 0 Å². The van der Waals surface area contributed by atoms with Crippen molar-refractivity contribution in [3.63, 3.8) is 0 Å². The fourth-order valence-electron chi connectivity index (χ4n) is 4.74. The fraction of sp³-hybridized carbons (Fsp3) is 0.462. The van der Waals surface area contributed by atoms with E-state index in [1.54, 1.807) is 6.08 Å². The monoisotopic (exact) mass is 396 g/mol. The molecule has 1 saturated carbocycles. The van der Waals surface area contributed by atoms with Gasteiger partial charge in [-0.3, -0.25) is 0 Å². The Bertz CT molecular complexity index is 828. The molecule has 0 saturated heterocycles. The van der Waals surface area contributed by atoms with Gasteiger partial charge in [-0.1, -0.05) is 68.0 Å². The normalized spacial score (nSPS) is 24.2. The summed E-state index contributed by atoms with van der Waals surface area (Å²) in [5.74, 6) is 0.974. The number of aryl methyl sites for hydroxylation is 1. The maximum atomic E-state index is 13.2. The zero-order valence-electron chi connectivity index (χ0n) is 17.2. The van der Waals surface area contributed by atoms with Crippen molar-refractivity contribution in [3.05, 3.63) is 71.3 Å². The molecule has 1 aliphatic heterocycles. The Hall–Kier alpha value is -2.00. The van der Waals surface area contributed by atoms with E-state index in [0.717, 1.165) is 37.7 Å². The second-order valence-electron chi connectivity index (χ2n) is 8.53. The largest absolute Gasteiger partial charge is 0.359 e. The minimum absolute atomic E-state index is 0.0913. The summed E-state index contributed by atoms with van der Waals surface area (Å²) in [6.07, 6.45) is 5.13. The van der Waals surface area contributed by atoms with Crippen LogP contribution >= 0.6 is 0 Å². The number of ether oxygens (including phenoxy) is 1. The molecule has 1 fully saturated rings. The van der Waals surface area contributed by atoms with Crippen LogP contribution in [0.5, 0.6) is 0 Å². The first-order valence-electron chi connectivity index (χ1n) is 10.9. The van der Waals surface area contributed by atoms with E-state index < -0.39 is 6.11 Å². The first-order valence-corrected chi connectivity index (χ1v) is 10.9. The van der Waals surface area contributed by atoms with Gasteiger partial charge in [0.05, 0.1) is 13.0 Å². The molecule has 0 spiro atoms. The molecule has 1 nitrogen and oxygen atoms in total. The lowest BCUT2D eigenvalue weighted by Crippen LogP contribution is -2.28. The molecule has 4 rings (SSSR count). The second-order valence-corrected chi connectivity index (χ2v) is 8.53. The van der Waals surface area contributed by atoms with E-state index in [4.69, 9.17) is 4.74 Å². The smallest absolute Gasteiger partial charge is 0.316 e. The summed E-state index contributed by atoms with van der Waals surface area (Å²) < 4.78 is 31.1. The number of hydrogen-bond donors (Lipinski definition) is 0. The summed E-state index contributed by atoms with van der Waals surface area (Å²) in [5, 5.41) is 0. The molecule has 154 valence electrons. The number of halogens is 2. The fourth-order valence-corrected chi connectivity index (χ4v) is 4.74. The molecule has 0 amide bonds. The van der Waals surface area contributed by atoms with Crippen LogP contribution in [-0.2, 0) is 11.2 Å². The van der Waals surface area contributed by atoms with Gasteiger partial charge < -0.3 is 4.74 Å². The van der Waals surface area contributed by atoms with Crippen molar-refractivity contribution in [3.8, 4) is 11.1 Å². The molecule has 2 aromatic rings. The van der Waals surface area contributed by atoms with E-state index in [-0.39, 0.29) is 13.0 Å². The zero-order valence-corrected chi connectivity index (χ0v) is 17.2. The zero-order chi connectivity index (χ0) is 20.3. The third-order valence-electron chi connectivity index (χ3n) is 6.51. The van der Waals surface area contributed by atoms with E-state index >= 15 is 0 Å². The quantitative estimate of drug-likeness (QED) is 0.475. The Kier molecular flexibility index (Phi) is 6.15. The predicted octanol–water partition coefficient (Wildman–Crippen LogP) is 7.52. The van der Waals surface area contributed by atoms with Crippen molar-refractivity contribution in [2.45, 2.75) is 63.9 Å². The maximum Gasteiger partial charge on any atom is 0.359 e. The minimum atomic E-state index is -2.97. The third kappa shape index (κ3) is 4.95. The van der Waals surface area contributed by atoms with Crippen molar-refractivity contribution in [2.75, 3.05) is 6.61 Å². The van der Waals surface area contributed by atoms with E-state index in [1.807, 2.05) is 0 Å². The van der Waals surface area contributed by atoms with Gasteiger partial charge in [0.15, 0.2) is 0 Å². The lowest BCUT2D eigenvalue weighted by molar-refractivity contribution is -0.236. The summed E-state index contributed by atoms with van der Waals surface area (Å²) in [6.45, 7) is 2.30. The van der Waals surface area contributed by atoms with Gasteiger partial charge in [0.25, 0.3) is 0 Å². The molecular formula is C26H30F2O. The average Bonchev–Trinajstić information content (AvgIpc) is 2.75. The molecule has 0 atom stereocenters. The molecule has 29 heavy (non-hydrogen) atoms. The second kappa shape index (κ2) is 8.79. The molecule has 1 aliphatic carbocycles. The van der Waals surface area contributed by atoms with Crippen LogP contribution in [0.15, 0.2) is 60.2 Å². The summed E-state index contributed by atoms with van der Waals surface area (Å²) in [7, 11) is 0. The molecule has 0 aromatic heterocycles. The first kappa shape index (κ1) is 20.3. The summed E-state index contributed by atoms with van der Waals surface area (Å²) >= 11 is 0.